The number of phenolic OH excluding ortho intramolecular Hbond substituents is 1. The molecule has 0 radical (unpaired) electrons. The first-order valence-corrected chi connectivity index (χ1v) is 7.05. The van der Waals surface area contributed by atoms with E-state index in [-0.39, 0.29) is 35.3 Å². The first kappa shape index (κ1) is 14.7. The first-order valence-electron chi connectivity index (χ1n) is 7.05. The molecule has 0 amide bonds. The maximum Gasteiger partial charge on any atom is 0.149 e. The second-order valence-corrected chi connectivity index (χ2v) is 5.50. The summed E-state index contributed by atoms with van der Waals surface area (Å²) in [6.07, 6.45) is 1.04. The van der Waals surface area contributed by atoms with Crippen LogP contribution in [0.15, 0.2) is 18.2 Å². The van der Waals surface area contributed by atoms with Crippen molar-refractivity contribution in [3.05, 3.63) is 29.3 Å². The molecule has 1 aliphatic rings. The Morgan fingerprint density at radius 1 is 1.40 bits per heavy atom. The van der Waals surface area contributed by atoms with Crippen LogP contribution in [0.2, 0.25) is 0 Å². The zero-order valence-corrected chi connectivity index (χ0v) is 12.1. The number of nitrogens with one attached hydrogen (secondary N) is 1. The molecule has 1 aromatic rings. The minimum atomic E-state index is -0.327. The maximum absolute atomic E-state index is 12.0. The molecule has 2 unspecified atom stereocenters. The Morgan fingerprint density at radius 3 is 2.70 bits per heavy atom. The molecule has 0 aromatic heterocycles. The summed E-state index contributed by atoms with van der Waals surface area (Å²) in [4.78, 5) is 24.0. The van der Waals surface area contributed by atoms with Crippen molar-refractivity contribution in [2.24, 2.45) is 0 Å². The van der Waals surface area contributed by atoms with E-state index in [9.17, 15) is 14.7 Å². The van der Waals surface area contributed by atoms with Crippen molar-refractivity contribution < 1.29 is 14.7 Å². The number of carbonyl (C=O) groups excluding carboxylic acids is 2. The van der Waals surface area contributed by atoms with Crippen LogP contribution in [0, 0.1) is 0 Å². The summed E-state index contributed by atoms with van der Waals surface area (Å²) in [7, 11) is 0. The lowest BCUT2D eigenvalue weighted by atomic mass is 9.86. The number of rotatable bonds is 3. The highest BCUT2D eigenvalue weighted by atomic mass is 16.3. The Morgan fingerprint density at radius 2 is 2.10 bits per heavy atom. The van der Waals surface area contributed by atoms with Crippen molar-refractivity contribution in [2.45, 2.75) is 51.6 Å². The molecule has 4 heteroatoms. The molecule has 1 aliphatic heterocycles. The molecule has 0 fully saturated rings. The van der Waals surface area contributed by atoms with Gasteiger partial charge in [-0.1, -0.05) is 13.0 Å². The first-order chi connectivity index (χ1) is 9.43. The number of carbonyl (C=O) groups is 2. The minimum absolute atomic E-state index is 0.0430. The van der Waals surface area contributed by atoms with E-state index in [2.05, 4.69) is 5.32 Å². The van der Waals surface area contributed by atoms with Gasteiger partial charge in [-0.15, -0.1) is 0 Å². The quantitative estimate of drug-likeness (QED) is 0.885. The van der Waals surface area contributed by atoms with E-state index in [0.29, 0.717) is 12.8 Å². The van der Waals surface area contributed by atoms with Crippen molar-refractivity contribution >= 4 is 11.6 Å². The van der Waals surface area contributed by atoms with E-state index >= 15 is 0 Å². The molecule has 0 aliphatic carbocycles. The lowest BCUT2D eigenvalue weighted by Gasteiger charge is -2.23. The summed E-state index contributed by atoms with van der Waals surface area (Å²) in [6.45, 7) is 5.32. The molecule has 0 saturated carbocycles. The van der Waals surface area contributed by atoms with E-state index in [4.69, 9.17) is 0 Å². The standard InChI is InChI=1S/C16H21NO3/c1-4-15(20)14-7-11-5-6-12(19)8-13(11)16(10(3)18)9(2)17-14/h5-6,8-9,14,16-17,19H,4,7H2,1-3H3/t9?,14-,16?/m0/s1. The molecular weight excluding hydrogens is 254 g/mol. The molecule has 0 saturated heterocycles. The monoisotopic (exact) mass is 275 g/mol. The molecule has 1 heterocycles. The predicted molar refractivity (Wildman–Crippen MR) is 76.9 cm³/mol. The number of Topliss-reactive ketones (excluding diaryl/α,β-unsaturated/α-hetero) is 2. The third-order valence-electron chi connectivity index (χ3n) is 4.03. The highest BCUT2D eigenvalue weighted by molar-refractivity contribution is 5.87. The van der Waals surface area contributed by atoms with Crippen molar-refractivity contribution in [1.82, 2.24) is 5.32 Å². The fourth-order valence-electron chi connectivity index (χ4n) is 3.04. The summed E-state index contributed by atoms with van der Waals surface area (Å²) in [5.74, 6) is 0.0238. The number of hydrogen-bond donors (Lipinski definition) is 2. The average molecular weight is 275 g/mol. The summed E-state index contributed by atoms with van der Waals surface area (Å²) >= 11 is 0. The Balaban J connectivity index is 2.49. The maximum atomic E-state index is 12.0. The van der Waals surface area contributed by atoms with Crippen LogP contribution < -0.4 is 5.32 Å². The van der Waals surface area contributed by atoms with E-state index in [1.165, 1.54) is 0 Å². The molecule has 0 bridgehead atoms. The zero-order chi connectivity index (χ0) is 14.9. The van der Waals surface area contributed by atoms with Gasteiger partial charge >= 0.3 is 0 Å². The van der Waals surface area contributed by atoms with Gasteiger partial charge in [0.1, 0.15) is 17.3 Å². The SMILES string of the molecule is CCC(=O)[C@@H]1Cc2ccc(O)cc2C(C(C)=O)C(C)N1. The third kappa shape index (κ3) is 2.75. The van der Waals surface area contributed by atoms with Gasteiger partial charge in [0, 0.05) is 12.5 Å². The molecule has 20 heavy (non-hydrogen) atoms. The zero-order valence-electron chi connectivity index (χ0n) is 12.1. The van der Waals surface area contributed by atoms with Crippen LogP contribution in [0.3, 0.4) is 0 Å². The summed E-state index contributed by atoms with van der Waals surface area (Å²) in [5.41, 5.74) is 1.80. The van der Waals surface area contributed by atoms with Gasteiger partial charge in [0.05, 0.1) is 12.0 Å². The van der Waals surface area contributed by atoms with E-state index in [1.807, 2.05) is 19.9 Å². The van der Waals surface area contributed by atoms with Crippen LogP contribution in [0.5, 0.6) is 5.75 Å². The highest BCUT2D eigenvalue weighted by Crippen LogP contribution is 2.31. The van der Waals surface area contributed by atoms with Crippen LogP contribution in [-0.2, 0) is 16.0 Å². The van der Waals surface area contributed by atoms with Crippen molar-refractivity contribution in [3.63, 3.8) is 0 Å². The average Bonchev–Trinajstić information content (AvgIpc) is 2.53. The molecule has 2 N–H and O–H groups in total. The molecule has 4 nitrogen and oxygen atoms in total. The Bertz CT molecular complexity index is 539. The lowest BCUT2D eigenvalue weighted by molar-refractivity contribution is -0.122. The van der Waals surface area contributed by atoms with Crippen LogP contribution in [0.25, 0.3) is 0 Å². The normalized spacial score (nSPS) is 25.6. The second kappa shape index (κ2) is 5.75. The van der Waals surface area contributed by atoms with Crippen molar-refractivity contribution in [1.29, 1.82) is 0 Å². The fourth-order valence-corrected chi connectivity index (χ4v) is 3.04. The van der Waals surface area contributed by atoms with Gasteiger partial charge in [0.2, 0.25) is 0 Å². The summed E-state index contributed by atoms with van der Waals surface area (Å²) in [6, 6.07) is 4.69. The van der Waals surface area contributed by atoms with Crippen LogP contribution in [-0.4, -0.2) is 28.8 Å². The molecular formula is C16H21NO3. The Hall–Kier alpha value is -1.68. The number of ketones is 2. The molecule has 0 spiro atoms. The number of benzene rings is 1. The minimum Gasteiger partial charge on any atom is -0.508 e. The summed E-state index contributed by atoms with van der Waals surface area (Å²) < 4.78 is 0. The van der Waals surface area contributed by atoms with Crippen molar-refractivity contribution in [3.8, 4) is 5.75 Å². The van der Waals surface area contributed by atoms with Gasteiger partial charge in [0.15, 0.2) is 0 Å². The topological polar surface area (TPSA) is 66.4 Å². The van der Waals surface area contributed by atoms with E-state index < -0.39 is 0 Å². The number of phenols is 1. The van der Waals surface area contributed by atoms with E-state index in [1.54, 1.807) is 19.1 Å². The largest absolute Gasteiger partial charge is 0.508 e. The number of hydrogen-bond acceptors (Lipinski definition) is 4. The molecule has 1 aromatic carbocycles. The van der Waals surface area contributed by atoms with Crippen LogP contribution >= 0.6 is 0 Å². The Kier molecular flexibility index (Phi) is 4.23. The molecule has 3 atom stereocenters. The number of aromatic hydroxyl groups is 1. The Labute approximate surface area is 119 Å². The second-order valence-electron chi connectivity index (χ2n) is 5.50. The number of fused-ring (bicyclic) bond motifs is 1. The summed E-state index contributed by atoms with van der Waals surface area (Å²) in [5, 5.41) is 13.0. The van der Waals surface area contributed by atoms with Gasteiger partial charge in [0.25, 0.3) is 0 Å². The van der Waals surface area contributed by atoms with Crippen LogP contribution in [0.1, 0.15) is 44.2 Å². The smallest absolute Gasteiger partial charge is 0.149 e. The van der Waals surface area contributed by atoms with E-state index in [0.717, 1.165) is 11.1 Å². The fraction of sp³-hybridized carbons (Fsp3) is 0.500. The van der Waals surface area contributed by atoms with Gasteiger partial charge < -0.3 is 10.4 Å². The van der Waals surface area contributed by atoms with Crippen molar-refractivity contribution in [2.75, 3.05) is 0 Å². The predicted octanol–water partition coefficient (Wildman–Crippen LogP) is 1.95. The molecule has 108 valence electrons. The van der Waals surface area contributed by atoms with Gasteiger partial charge in [-0.25, -0.2) is 0 Å². The van der Waals surface area contributed by atoms with Gasteiger partial charge in [-0.05, 0) is 43.5 Å². The third-order valence-corrected chi connectivity index (χ3v) is 4.03. The van der Waals surface area contributed by atoms with Gasteiger partial charge in [-0.3, -0.25) is 9.59 Å². The lowest BCUT2D eigenvalue weighted by Crippen LogP contribution is -2.44. The van der Waals surface area contributed by atoms with Gasteiger partial charge in [-0.2, -0.15) is 0 Å². The molecule has 2 rings (SSSR count). The van der Waals surface area contributed by atoms with Crippen LogP contribution in [0.4, 0.5) is 0 Å². The highest BCUT2D eigenvalue weighted by Gasteiger charge is 2.33.